The SMILES string of the molecule is CN(c1nccc(=O)n1COC(=O)C1CCC1)C1CCN(c2nc3ccccc3n2Cc2ccc(F)cc2)CC1. The number of nitrogens with zero attached hydrogens (tertiary/aromatic N) is 6. The van der Waals surface area contributed by atoms with Crippen LogP contribution in [0.2, 0.25) is 0 Å². The number of ether oxygens (including phenoxy) is 1. The highest BCUT2D eigenvalue weighted by atomic mass is 19.1. The molecule has 3 heterocycles. The van der Waals surface area contributed by atoms with E-state index in [1.807, 2.05) is 42.3 Å². The number of hydrogen-bond donors (Lipinski definition) is 0. The molecule has 0 radical (unpaired) electrons. The number of halogens is 1. The van der Waals surface area contributed by atoms with Crippen molar-refractivity contribution in [3.8, 4) is 0 Å². The zero-order valence-corrected chi connectivity index (χ0v) is 22.6. The summed E-state index contributed by atoms with van der Waals surface area (Å²) in [6, 6.07) is 16.2. The predicted molar refractivity (Wildman–Crippen MR) is 151 cm³/mol. The molecule has 1 aliphatic heterocycles. The summed E-state index contributed by atoms with van der Waals surface area (Å²) in [4.78, 5) is 38.7. The fraction of sp³-hybridized carbons (Fsp3) is 0.400. The zero-order valence-electron chi connectivity index (χ0n) is 22.6. The van der Waals surface area contributed by atoms with Crippen molar-refractivity contribution in [1.29, 1.82) is 0 Å². The molecule has 208 valence electrons. The second-order valence-electron chi connectivity index (χ2n) is 10.7. The second kappa shape index (κ2) is 11.1. The van der Waals surface area contributed by atoms with E-state index in [9.17, 15) is 14.0 Å². The topological polar surface area (TPSA) is 85.5 Å². The monoisotopic (exact) mass is 544 g/mol. The molecule has 1 saturated carbocycles. The number of esters is 1. The summed E-state index contributed by atoms with van der Waals surface area (Å²) in [6.45, 7) is 2.01. The molecule has 40 heavy (non-hydrogen) atoms. The number of benzene rings is 2. The van der Waals surface area contributed by atoms with E-state index in [0.29, 0.717) is 12.5 Å². The maximum absolute atomic E-state index is 13.5. The van der Waals surface area contributed by atoms with Gasteiger partial charge in [-0.25, -0.2) is 18.9 Å². The van der Waals surface area contributed by atoms with Crippen LogP contribution in [0, 0.1) is 11.7 Å². The van der Waals surface area contributed by atoms with Gasteiger partial charge in [0.05, 0.1) is 23.5 Å². The van der Waals surface area contributed by atoms with E-state index in [1.54, 1.807) is 0 Å². The van der Waals surface area contributed by atoms with Crippen molar-refractivity contribution in [3.63, 3.8) is 0 Å². The summed E-state index contributed by atoms with van der Waals surface area (Å²) in [5.74, 6) is 0.846. The minimum absolute atomic E-state index is 0.0508. The highest BCUT2D eigenvalue weighted by molar-refractivity contribution is 5.79. The highest BCUT2D eigenvalue weighted by Gasteiger charge is 2.29. The third-order valence-corrected chi connectivity index (χ3v) is 8.19. The summed E-state index contributed by atoms with van der Waals surface area (Å²) in [7, 11) is 1.94. The number of piperidine rings is 1. The molecule has 0 bridgehead atoms. The molecule has 2 fully saturated rings. The number of carbonyl (C=O) groups is 1. The van der Waals surface area contributed by atoms with Gasteiger partial charge in [0.1, 0.15) is 5.82 Å². The van der Waals surface area contributed by atoms with E-state index in [0.717, 1.165) is 67.7 Å². The van der Waals surface area contributed by atoms with Crippen LogP contribution >= 0.6 is 0 Å². The molecule has 9 nitrogen and oxygen atoms in total. The Labute approximate surface area is 231 Å². The van der Waals surface area contributed by atoms with Crippen LogP contribution in [-0.2, 0) is 22.8 Å². The number of imidazole rings is 1. The van der Waals surface area contributed by atoms with Gasteiger partial charge in [-0.05, 0) is 55.5 Å². The summed E-state index contributed by atoms with van der Waals surface area (Å²) in [6.07, 6.45) is 5.92. The zero-order chi connectivity index (χ0) is 27.6. The van der Waals surface area contributed by atoms with Gasteiger partial charge in [-0.2, -0.15) is 0 Å². The average molecular weight is 545 g/mol. The summed E-state index contributed by atoms with van der Waals surface area (Å²) in [5, 5.41) is 0. The molecule has 6 rings (SSSR count). The molecular weight excluding hydrogens is 511 g/mol. The van der Waals surface area contributed by atoms with E-state index in [-0.39, 0.29) is 36.0 Å². The van der Waals surface area contributed by atoms with E-state index in [2.05, 4.69) is 20.5 Å². The summed E-state index contributed by atoms with van der Waals surface area (Å²) in [5.41, 5.74) is 2.72. The Balaban J connectivity index is 1.18. The first-order valence-corrected chi connectivity index (χ1v) is 13.9. The van der Waals surface area contributed by atoms with Crippen LogP contribution in [-0.4, -0.2) is 51.3 Å². The van der Waals surface area contributed by atoms with Gasteiger partial charge in [0, 0.05) is 38.4 Å². The molecule has 2 aromatic heterocycles. The molecule has 1 aliphatic carbocycles. The molecule has 0 N–H and O–H groups in total. The van der Waals surface area contributed by atoms with Crippen LogP contribution in [0.1, 0.15) is 37.7 Å². The number of rotatable bonds is 8. The van der Waals surface area contributed by atoms with Crippen LogP contribution in [0.5, 0.6) is 0 Å². The van der Waals surface area contributed by atoms with Gasteiger partial charge in [-0.3, -0.25) is 9.59 Å². The lowest BCUT2D eigenvalue weighted by molar-refractivity contribution is -0.155. The van der Waals surface area contributed by atoms with Crippen molar-refractivity contribution in [3.05, 3.63) is 82.5 Å². The Bertz CT molecular complexity index is 1550. The smallest absolute Gasteiger partial charge is 0.310 e. The Hall–Kier alpha value is -4.21. The van der Waals surface area contributed by atoms with Gasteiger partial charge in [-0.1, -0.05) is 30.7 Å². The Morgan fingerprint density at radius 2 is 1.77 bits per heavy atom. The van der Waals surface area contributed by atoms with Crippen LogP contribution < -0.4 is 15.4 Å². The van der Waals surface area contributed by atoms with Gasteiger partial charge in [0.15, 0.2) is 6.73 Å². The number of para-hydroxylation sites is 2. The van der Waals surface area contributed by atoms with E-state index in [1.165, 1.54) is 29.0 Å². The van der Waals surface area contributed by atoms with Crippen LogP contribution in [0.3, 0.4) is 0 Å². The fourth-order valence-corrected chi connectivity index (χ4v) is 5.57. The maximum atomic E-state index is 13.5. The number of aromatic nitrogens is 4. The molecule has 4 aromatic rings. The molecule has 10 heteroatoms. The highest BCUT2D eigenvalue weighted by Crippen LogP contribution is 2.29. The third kappa shape index (κ3) is 5.17. The second-order valence-corrected chi connectivity index (χ2v) is 10.7. The Morgan fingerprint density at radius 3 is 2.50 bits per heavy atom. The van der Waals surface area contributed by atoms with Crippen LogP contribution in [0.4, 0.5) is 16.3 Å². The normalized spacial score (nSPS) is 16.2. The Kier molecular flexibility index (Phi) is 7.23. The average Bonchev–Trinajstić information content (AvgIpc) is 3.30. The lowest BCUT2D eigenvalue weighted by Gasteiger charge is -2.38. The quantitative estimate of drug-likeness (QED) is 0.308. The van der Waals surface area contributed by atoms with Gasteiger partial charge in [0.25, 0.3) is 5.56 Å². The van der Waals surface area contributed by atoms with Gasteiger partial charge >= 0.3 is 5.97 Å². The first-order chi connectivity index (χ1) is 19.5. The first-order valence-electron chi connectivity index (χ1n) is 13.9. The molecular formula is C30H33FN6O3. The molecule has 0 amide bonds. The number of carbonyl (C=O) groups excluding carboxylic acids is 1. The summed E-state index contributed by atoms with van der Waals surface area (Å²) < 4.78 is 22.6. The lowest BCUT2D eigenvalue weighted by Crippen LogP contribution is -2.46. The van der Waals surface area contributed by atoms with E-state index >= 15 is 0 Å². The van der Waals surface area contributed by atoms with Gasteiger partial charge in [-0.15, -0.1) is 0 Å². The largest absolute Gasteiger partial charge is 0.443 e. The molecule has 0 spiro atoms. The van der Waals surface area contributed by atoms with Gasteiger partial charge in [0.2, 0.25) is 11.9 Å². The van der Waals surface area contributed by atoms with Crippen molar-refractivity contribution in [1.82, 2.24) is 19.1 Å². The third-order valence-electron chi connectivity index (χ3n) is 8.19. The number of hydrogen-bond acceptors (Lipinski definition) is 7. The van der Waals surface area contributed by atoms with E-state index in [4.69, 9.17) is 9.72 Å². The standard InChI is InChI=1S/C30H33FN6O3/c1-34(29-32-16-13-27(38)37(29)20-40-28(39)22-5-4-6-22)24-14-17-35(18-15-24)30-33-25-7-2-3-8-26(25)36(30)19-21-9-11-23(31)12-10-21/h2-3,7-13,16,22,24H,4-6,14-15,17-20H2,1H3. The van der Waals surface area contributed by atoms with Crippen molar-refractivity contribution in [2.24, 2.45) is 5.92 Å². The Morgan fingerprint density at radius 1 is 1.02 bits per heavy atom. The molecule has 0 atom stereocenters. The number of anilines is 2. The predicted octanol–water partition coefficient (Wildman–Crippen LogP) is 4.19. The molecule has 1 saturated heterocycles. The number of fused-ring (bicyclic) bond motifs is 1. The molecule has 0 unspecified atom stereocenters. The first kappa shape index (κ1) is 26.0. The van der Waals surface area contributed by atoms with Crippen molar-refractivity contribution in [2.75, 3.05) is 29.9 Å². The fourth-order valence-electron chi connectivity index (χ4n) is 5.57. The summed E-state index contributed by atoms with van der Waals surface area (Å²) >= 11 is 0. The minimum Gasteiger partial charge on any atom is -0.443 e. The van der Waals surface area contributed by atoms with Gasteiger partial charge < -0.3 is 19.1 Å². The molecule has 2 aromatic carbocycles. The van der Waals surface area contributed by atoms with Crippen LogP contribution in [0.15, 0.2) is 65.6 Å². The van der Waals surface area contributed by atoms with Crippen LogP contribution in [0.25, 0.3) is 11.0 Å². The maximum Gasteiger partial charge on any atom is 0.310 e. The van der Waals surface area contributed by atoms with Crippen molar-refractivity contribution in [2.45, 2.75) is 51.4 Å². The molecule has 2 aliphatic rings. The van der Waals surface area contributed by atoms with Crippen molar-refractivity contribution >= 4 is 28.9 Å². The minimum atomic E-state index is -0.250. The lowest BCUT2D eigenvalue weighted by atomic mass is 9.86. The van der Waals surface area contributed by atoms with E-state index < -0.39 is 0 Å². The van der Waals surface area contributed by atoms with Crippen molar-refractivity contribution < 1.29 is 13.9 Å².